The first-order chi connectivity index (χ1) is 12.6. The molecule has 1 aromatic carbocycles. The van der Waals surface area contributed by atoms with Crippen molar-refractivity contribution in [1.82, 2.24) is 15.5 Å². The monoisotopic (exact) mass is 392 g/mol. The van der Waals surface area contributed by atoms with E-state index >= 15 is 0 Å². The lowest BCUT2D eigenvalue weighted by atomic mass is 9.95. The summed E-state index contributed by atoms with van der Waals surface area (Å²) >= 11 is 2.89. The van der Waals surface area contributed by atoms with Crippen LogP contribution in [0.15, 0.2) is 28.6 Å². The number of ether oxygens (including phenoxy) is 1. The minimum atomic E-state index is -0.186. The molecule has 1 aliphatic carbocycles. The molecule has 1 amide bonds. The van der Waals surface area contributed by atoms with Crippen LogP contribution in [-0.2, 0) is 4.79 Å². The lowest BCUT2D eigenvalue weighted by molar-refractivity contribution is -0.121. The first-order valence-electron chi connectivity index (χ1n) is 8.85. The summed E-state index contributed by atoms with van der Waals surface area (Å²) in [5, 5.41) is 15.2. The number of benzene rings is 1. The molecule has 1 atom stereocenters. The molecule has 3 rings (SSSR count). The van der Waals surface area contributed by atoms with Crippen LogP contribution in [0.4, 0.5) is 10.8 Å². The van der Waals surface area contributed by atoms with Crippen LogP contribution in [0, 0.1) is 0 Å². The molecule has 8 heteroatoms. The standard InChI is InChI=1S/C18H24N4O2S2/c1-12(16(23)19-13-7-4-3-5-8-13)25-18-22-21-17(26-18)20-14-9-6-10-15(11-14)24-2/h6,9-13H,3-5,7-8H2,1-2H3,(H,19,23)(H,20,21). The third kappa shape index (κ3) is 5.35. The van der Waals surface area contributed by atoms with E-state index in [1.807, 2.05) is 31.2 Å². The molecule has 2 aromatic rings. The highest BCUT2D eigenvalue weighted by molar-refractivity contribution is 8.02. The number of carbonyl (C=O) groups is 1. The van der Waals surface area contributed by atoms with Crippen molar-refractivity contribution >= 4 is 39.8 Å². The van der Waals surface area contributed by atoms with Gasteiger partial charge in [0.1, 0.15) is 5.75 Å². The Kier molecular flexibility index (Phi) is 6.73. The van der Waals surface area contributed by atoms with Crippen molar-refractivity contribution in [1.29, 1.82) is 0 Å². The summed E-state index contributed by atoms with van der Waals surface area (Å²) in [7, 11) is 1.64. The molecule has 2 N–H and O–H groups in total. The van der Waals surface area contributed by atoms with Gasteiger partial charge in [0.05, 0.1) is 12.4 Å². The number of methoxy groups -OCH3 is 1. The number of nitrogens with one attached hydrogen (secondary N) is 2. The minimum Gasteiger partial charge on any atom is -0.497 e. The summed E-state index contributed by atoms with van der Waals surface area (Å²) in [4.78, 5) is 12.4. The molecular weight excluding hydrogens is 368 g/mol. The second-order valence-electron chi connectivity index (χ2n) is 6.33. The van der Waals surface area contributed by atoms with Gasteiger partial charge < -0.3 is 15.4 Å². The molecule has 1 saturated carbocycles. The topological polar surface area (TPSA) is 76.1 Å². The molecule has 0 bridgehead atoms. The van der Waals surface area contributed by atoms with Gasteiger partial charge in [-0.3, -0.25) is 4.79 Å². The van der Waals surface area contributed by atoms with Crippen LogP contribution in [0.25, 0.3) is 0 Å². The SMILES string of the molecule is COc1cccc(Nc2nnc(SC(C)C(=O)NC3CCCCC3)s2)c1. The zero-order chi connectivity index (χ0) is 18.4. The number of thioether (sulfide) groups is 1. The Bertz CT molecular complexity index is 731. The highest BCUT2D eigenvalue weighted by atomic mass is 32.2. The van der Waals surface area contributed by atoms with Gasteiger partial charge in [0.2, 0.25) is 11.0 Å². The fraction of sp³-hybridized carbons (Fsp3) is 0.500. The molecule has 1 fully saturated rings. The lowest BCUT2D eigenvalue weighted by Gasteiger charge is -2.24. The Morgan fingerprint density at radius 3 is 2.88 bits per heavy atom. The van der Waals surface area contributed by atoms with Crippen molar-refractivity contribution in [3.05, 3.63) is 24.3 Å². The highest BCUT2D eigenvalue weighted by Gasteiger charge is 2.21. The second kappa shape index (κ2) is 9.23. The zero-order valence-electron chi connectivity index (χ0n) is 15.0. The Hall–Kier alpha value is -1.80. The molecular formula is C18H24N4O2S2. The number of carbonyl (C=O) groups excluding carboxylic acids is 1. The van der Waals surface area contributed by atoms with E-state index < -0.39 is 0 Å². The number of hydrogen-bond donors (Lipinski definition) is 2. The van der Waals surface area contributed by atoms with Gasteiger partial charge in [-0.1, -0.05) is 48.4 Å². The van der Waals surface area contributed by atoms with Crippen LogP contribution in [0.5, 0.6) is 5.75 Å². The van der Waals surface area contributed by atoms with Crippen molar-refractivity contribution in [2.75, 3.05) is 12.4 Å². The average molecular weight is 393 g/mol. The maximum atomic E-state index is 12.4. The van der Waals surface area contributed by atoms with Crippen LogP contribution in [-0.4, -0.2) is 34.5 Å². The molecule has 1 aliphatic rings. The van der Waals surface area contributed by atoms with E-state index in [0.717, 1.165) is 28.6 Å². The van der Waals surface area contributed by atoms with E-state index in [-0.39, 0.29) is 11.2 Å². The van der Waals surface area contributed by atoms with Gasteiger partial charge in [0.15, 0.2) is 4.34 Å². The van der Waals surface area contributed by atoms with Gasteiger partial charge in [0, 0.05) is 17.8 Å². The first-order valence-corrected chi connectivity index (χ1v) is 10.6. The molecule has 0 radical (unpaired) electrons. The highest BCUT2D eigenvalue weighted by Crippen LogP contribution is 2.31. The molecule has 0 saturated heterocycles. The van der Waals surface area contributed by atoms with Gasteiger partial charge in [-0.2, -0.15) is 0 Å². The Morgan fingerprint density at radius 1 is 1.31 bits per heavy atom. The molecule has 0 aliphatic heterocycles. The van der Waals surface area contributed by atoms with Gasteiger partial charge >= 0.3 is 0 Å². The number of hydrogen-bond acceptors (Lipinski definition) is 7. The summed E-state index contributed by atoms with van der Waals surface area (Å²) in [5.41, 5.74) is 0.889. The lowest BCUT2D eigenvalue weighted by Crippen LogP contribution is -2.40. The summed E-state index contributed by atoms with van der Waals surface area (Å²) in [6.07, 6.45) is 5.89. The van der Waals surface area contributed by atoms with Crippen molar-refractivity contribution < 1.29 is 9.53 Å². The van der Waals surface area contributed by atoms with E-state index in [1.165, 1.54) is 42.4 Å². The van der Waals surface area contributed by atoms with Crippen molar-refractivity contribution in [3.63, 3.8) is 0 Å². The van der Waals surface area contributed by atoms with Crippen LogP contribution in [0.2, 0.25) is 0 Å². The maximum absolute atomic E-state index is 12.4. The molecule has 1 heterocycles. The van der Waals surface area contributed by atoms with Crippen molar-refractivity contribution in [2.45, 2.75) is 54.7 Å². The van der Waals surface area contributed by atoms with E-state index in [4.69, 9.17) is 4.74 Å². The third-order valence-corrected chi connectivity index (χ3v) is 6.35. The zero-order valence-corrected chi connectivity index (χ0v) is 16.7. The predicted octanol–water partition coefficient (Wildman–Crippen LogP) is 4.22. The first kappa shape index (κ1) is 19.0. The fourth-order valence-corrected chi connectivity index (χ4v) is 4.83. The number of anilines is 2. The largest absolute Gasteiger partial charge is 0.497 e. The van der Waals surface area contributed by atoms with Crippen molar-refractivity contribution in [3.8, 4) is 5.75 Å². The summed E-state index contributed by atoms with van der Waals surface area (Å²) in [5.74, 6) is 0.863. The average Bonchev–Trinajstić information content (AvgIpc) is 3.09. The van der Waals surface area contributed by atoms with Crippen LogP contribution >= 0.6 is 23.1 Å². The molecule has 26 heavy (non-hydrogen) atoms. The molecule has 0 spiro atoms. The summed E-state index contributed by atoms with van der Waals surface area (Å²) in [6.45, 7) is 1.92. The number of rotatable bonds is 7. The van der Waals surface area contributed by atoms with Gasteiger partial charge in [-0.15, -0.1) is 10.2 Å². The van der Waals surface area contributed by atoms with Gasteiger partial charge in [0.25, 0.3) is 0 Å². The van der Waals surface area contributed by atoms with E-state index in [0.29, 0.717) is 11.2 Å². The van der Waals surface area contributed by atoms with Gasteiger partial charge in [-0.05, 0) is 31.9 Å². The van der Waals surface area contributed by atoms with Crippen molar-refractivity contribution in [2.24, 2.45) is 0 Å². The smallest absolute Gasteiger partial charge is 0.233 e. The molecule has 6 nitrogen and oxygen atoms in total. The Balaban J connectivity index is 1.52. The predicted molar refractivity (Wildman–Crippen MR) is 107 cm³/mol. The fourth-order valence-electron chi connectivity index (χ4n) is 2.90. The summed E-state index contributed by atoms with van der Waals surface area (Å²) in [6, 6.07) is 7.97. The number of amides is 1. The van der Waals surface area contributed by atoms with E-state index in [2.05, 4.69) is 20.8 Å². The normalized spacial score (nSPS) is 16.1. The minimum absolute atomic E-state index is 0.0828. The molecule has 140 valence electrons. The molecule has 1 unspecified atom stereocenters. The van der Waals surface area contributed by atoms with E-state index in [9.17, 15) is 4.79 Å². The quantitative estimate of drug-likeness (QED) is 0.687. The van der Waals surface area contributed by atoms with Crippen LogP contribution in [0.3, 0.4) is 0 Å². The Morgan fingerprint density at radius 2 is 2.12 bits per heavy atom. The van der Waals surface area contributed by atoms with Crippen LogP contribution < -0.4 is 15.4 Å². The maximum Gasteiger partial charge on any atom is 0.233 e. The number of aromatic nitrogens is 2. The van der Waals surface area contributed by atoms with Crippen LogP contribution in [0.1, 0.15) is 39.0 Å². The second-order valence-corrected chi connectivity index (χ2v) is 8.90. The molecule has 1 aromatic heterocycles. The Labute approximate surface area is 162 Å². The van der Waals surface area contributed by atoms with Gasteiger partial charge in [-0.25, -0.2) is 0 Å². The summed E-state index contributed by atoms with van der Waals surface area (Å²) < 4.78 is 6.00. The number of nitrogens with zero attached hydrogens (tertiary/aromatic N) is 2. The van der Waals surface area contributed by atoms with E-state index in [1.54, 1.807) is 7.11 Å². The third-order valence-electron chi connectivity index (χ3n) is 4.33.